The number of nitriles is 2. The van der Waals surface area contributed by atoms with Crippen molar-refractivity contribution in [1.82, 2.24) is 14.9 Å². The Morgan fingerprint density at radius 3 is 2.56 bits per heavy atom. The molecule has 4 rings (SSSR count). The average Bonchev–Trinajstić information content (AvgIpc) is 3.19. The topological polar surface area (TPSA) is 106 Å². The van der Waals surface area contributed by atoms with Crippen molar-refractivity contribution >= 4 is 17.5 Å². The van der Waals surface area contributed by atoms with Crippen molar-refractivity contribution in [3.63, 3.8) is 0 Å². The van der Waals surface area contributed by atoms with Crippen LogP contribution in [-0.2, 0) is 0 Å². The summed E-state index contributed by atoms with van der Waals surface area (Å²) < 4.78 is 4.72. The third kappa shape index (κ3) is 4.30. The summed E-state index contributed by atoms with van der Waals surface area (Å²) in [4.78, 5) is 22.0. The highest BCUT2D eigenvalue weighted by Crippen LogP contribution is 2.32. The van der Waals surface area contributed by atoms with Crippen LogP contribution in [0.1, 0.15) is 45.8 Å². The molecule has 0 aliphatic carbocycles. The quantitative estimate of drug-likeness (QED) is 0.581. The number of benzene rings is 2. The number of carbonyl (C=O) groups is 1. The number of rotatable bonds is 4. The second-order valence-electron chi connectivity index (χ2n) is 7.73. The monoisotopic (exact) mass is 445 g/mol. The van der Waals surface area contributed by atoms with Crippen LogP contribution in [0.3, 0.4) is 0 Å². The normalized spacial score (nSPS) is 13.9. The lowest BCUT2D eigenvalue weighted by Gasteiger charge is -2.32. The van der Waals surface area contributed by atoms with E-state index in [2.05, 4.69) is 16.0 Å². The van der Waals surface area contributed by atoms with E-state index in [4.69, 9.17) is 26.9 Å². The molecule has 160 valence electrons. The van der Waals surface area contributed by atoms with Crippen LogP contribution in [0.15, 0.2) is 42.5 Å². The van der Waals surface area contributed by atoms with Crippen LogP contribution >= 0.6 is 11.6 Å². The number of ether oxygens (including phenoxy) is 1. The zero-order chi connectivity index (χ0) is 22.7. The van der Waals surface area contributed by atoms with E-state index < -0.39 is 0 Å². The van der Waals surface area contributed by atoms with Crippen LogP contribution in [0.5, 0.6) is 6.01 Å². The van der Waals surface area contributed by atoms with Crippen LogP contribution in [0.2, 0.25) is 5.15 Å². The summed E-state index contributed by atoms with van der Waals surface area (Å²) in [7, 11) is 0. The Kier molecular flexibility index (Phi) is 6.11. The van der Waals surface area contributed by atoms with E-state index in [1.807, 2.05) is 42.2 Å². The molecule has 7 nitrogen and oxygen atoms in total. The van der Waals surface area contributed by atoms with Crippen molar-refractivity contribution in [3.05, 3.63) is 69.9 Å². The minimum absolute atomic E-state index is 0.00787. The van der Waals surface area contributed by atoms with Gasteiger partial charge in [-0.05, 0) is 61.1 Å². The van der Waals surface area contributed by atoms with Crippen LogP contribution in [0.25, 0.3) is 11.3 Å². The van der Waals surface area contributed by atoms with Gasteiger partial charge < -0.3 is 9.64 Å². The molecule has 1 fully saturated rings. The lowest BCUT2D eigenvalue weighted by molar-refractivity contribution is 0.0713. The van der Waals surface area contributed by atoms with Crippen LogP contribution in [0, 0.1) is 29.8 Å². The average molecular weight is 446 g/mol. The van der Waals surface area contributed by atoms with Crippen molar-refractivity contribution in [1.29, 1.82) is 10.5 Å². The molecule has 8 heteroatoms. The number of halogens is 1. The summed E-state index contributed by atoms with van der Waals surface area (Å²) in [6, 6.07) is 15.3. The van der Waals surface area contributed by atoms with Crippen LogP contribution < -0.4 is 4.74 Å². The maximum absolute atomic E-state index is 13.2. The SMILES string of the molecule is Cc1ccc(C(=O)N2CCC(c3ccc(C#N)cc3)CC2)cc1-c1nc(OC#N)[nH]c1Cl. The van der Waals surface area contributed by atoms with Gasteiger partial charge in [-0.25, -0.2) is 0 Å². The third-order valence-electron chi connectivity index (χ3n) is 5.81. The Morgan fingerprint density at radius 1 is 1.19 bits per heavy atom. The molecular formula is C24H20ClN5O2. The number of aromatic amines is 1. The molecule has 3 aromatic rings. The first kappa shape index (κ1) is 21.4. The largest absolute Gasteiger partial charge is 0.350 e. The number of piperidine rings is 1. The molecule has 0 radical (unpaired) electrons. The van der Waals surface area contributed by atoms with Crippen molar-refractivity contribution in [2.75, 3.05) is 13.1 Å². The first-order valence-electron chi connectivity index (χ1n) is 10.2. The summed E-state index contributed by atoms with van der Waals surface area (Å²) in [5, 5.41) is 17.9. The fraction of sp³-hybridized carbons (Fsp3) is 0.250. The fourth-order valence-corrected chi connectivity index (χ4v) is 4.27. The van der Waals surface area contributed by atoms with Crippen molar-refractivity contribution < 1.29 is 9.53 Å². The Bertz CT molecular complexity index is 1230. The highest BCUT2D eigenvalue weighted by Gasteiger charge is 2.25. The number of hydrogen-bond donors (Lipinski definition) is 1. The second-order valence-corrected chi connectivity index (χ2v) is 8.11. The number of amides is 1. The van der Waals surface area contributed by atoms with E-state index in [1.165, 1.54) is 5.56 Å². The Labute approximate surface area is 190 Å². The Balaban J connectivity index is 1.49. The van der Waals surface area contributed by atoms with Crippen LogP contribution in [0.4, 0.5) is 0 Å². The van der Waals surface area contributed by atoms with Crippen molar-refractivity contribution in [3.8, 4) is 29.6 Å². The molecule has 1 amide bonds. The number of likely N-dealkylation sites (tertiary alicyclic amines) is 1. The summed E-state index contributed by atoms with van der Waals surface area (Å²) in [5.41, 5.74) is 4.46. The van der Waals surface area contributed by atoms with Gasteiger partial charge in [0.15, 0.2) is 0 Å². The molecule has 0 bridgehead atoms. The van der Waals surface area contributed by atoms with Crippen molar-refractivity contribution in [2.24, 2.45) is 0 Å². The first-order chi connectivity index (χ1) is 15.5. The predicted octanol–water partition coefficient (Wildman–Crippen LogP) is 4.79. The van der Waals surface area contributed by atoms with E-state index >= 15 is 0 Å². The van der Waals surface area contributed by atoms with Gasteiger partial charge in [-0.1, -0.05) is 29.8 Å². The number of H-pyrrole nitrogens is 1. The zero-order valence-electron chi connectivity index (χ0n) is 17.4. The molecule has 1 aliphatic rings. The van der Waals surface area contributed by atoms with Gasteiger partial charge in [0.05, 0.1) is 11.6 Å². The van der Waals surface area contributed by atoms with Gasteiger partial charge in [0.2, 0.25) is 0 Å². The molecule has 2 aromatic carbocycles. The Morgan fingerprint density at radius 2 is 1.91 bits per heavy atom. The molecule has 0 atom stereocenters. The number of nitrogens with zero attached hydrogens (tertiary/aromatic N) is 4. The molecule has 0 saturated carbocycles. The van der Waals surface area contributed by atoms with Gasteiger partial charge in [-0.2, -0.15) is 10.2 Å². The summed E-state index contributed by atoms with van der Waals surface area (Å²) in [6.45, 7) is 3.23. The number of hydrogen-bond acceptors (Lipinski definition) is 5. The van der Waals surface area contributed by atoms with Gasteiger partial charge in [-0.15, -0.1) is 5.26 Å². The molecule has 0 spiro atoms. The number of imidazole rings is 1. The maximum atomic E-state index is 13.2. The van der Waals surface area contributed by atoms with Crippen molar-refractivity contribution in [2.45, 2.75) is 25.7 Å². The van der Waals surface area contributed by atoms with Gasteiger partial charge in [0.1, 0.15) is 10.8 Å². The van der Waals surface area contributed by atoms with E-state index in [0.29, 0.717) is 41.4 Å². The zero-order valence-corrected chi connectivity index (χ0v) is 18.2. The molecule has 1 N–H and O–H groups in total. The lowest BCUT2D eigenvalue weighted by atomic mass is 9.88. The highest BCUT2D eigenvalue weighted by molar-refractivity contribution is 6.32. The molecule has 32 heavy (non-hydrogen) atoms. The number of nitrogens with one attached hydrogen (secondary N) is 1. The molecule has 2 heterocycles. The molecule has 1 aliphatic heterocycles. The van der Waals surface area contributed by atoms with E-state index in [-0.39, 0.29) is 17.1 Å². The fourth-order valence-electron chi connectivity index (χ4n) is 4.04. The number of aromatic nitrogens is 2. The number of carbonyl (C=O) groups excluding carboxylic acids is 1. The summed E-state index contributed by atoms with van der Waals surface area (Å²) in [5.74, 6) is 0.339. The highest BCUT2D eigenvalue weighted by atomic mass is 35.5. The molecule has 1 aromatic heterocycles. The standard InChI is InChI=1S/C24H20ClN5O2/c1-15-2-5-19(12-20(15)21-22(25)29-24(28-21)32-14-27)23(31)30-10-8-18(9-11-30)17-6-3-16(13-26)4-7-17/h2-7,12,18H,8-11H2,1H3,(H,28,29). The number of aryl methyl sites for hydroxylation is 1. The van der Waals surface area contributed by atoms with E-state index in [0.717, 1.165) is 18.4 Å². The summed E-state index contributed by atoms with van der Waals surface area (Å²) in [6.07, 6.45) is 3.30. The minimum Gasteiger partial charge on any atom is -0.350 e. The van der Waals surface area contributed by atoms with E-state index in [1.54, 1.807) is 18.4 Å². The van der Waals surface area contributed by atoms with Gasteiger partial charge >= 0.3 is 6.01 Å². The third-order valence-corrected chi connectivity index (χ3v) is 6.09. The van der Waals surface area contributed by atoms with Gasteiger partial charge in [0, 0.05) is 24.2 Å². The minimum atomic E-state index is -0.0373. The lowest BCUT2D eigenvalue weighted by Crippen LogP contribution is -2.37. The van der Waals surface area contributed by atoms with Gasteiger partial charge in [-0.3, -0.25) is 9.78 Å². The predicted molar refractivity (Wildman–Crippen MR) is 119 cm³/mol. The second kappa shape index (κ2) is 9.13. The molecule has 1 saturated heterocycles. The van der Waals surface area contributed by atoms with Crippen LogP contribution in [-0.4, -0.2) is 33.9 Å². The van der Waals surface area contributed by atoms with E-state index in [9.17, 15) is 4.79 Å². The summed E-state index contributed by atoms with van der Waals surface area (Å²) >= 11 is 6.24. The Hall–Kier alpha value is -3.81. The van der Waals surface area contributed by atoms with Gasteiger partial charge in [0.25, 0.3) is 12.2 Å². The molecular weight excluding hydrogens is 426 g/mol. The molecule has 0 unspecified atom stereocenters. The first-order valence-corrected chi connectivity index (χ1v) is 10.6. The smallest absolute Gasteiger partial charge is 0.311 e. The maximum Gasteiger partial charge on any atom is 0.311 e.